The van der Waals surface area contributed by atoms with Crippen LogP contribution in [0.25, 0.3) is 0 Å². The van der Waals surface area contributed by atoms with Crippen LogP contribution in [0.2, 0.25) is 0 Å². The third-order valence-corrected chi connectivity index (χ3v) is 2.94. The van der Waals surface area contributed by atoms with Gasteiger partial charge in [0.25, 0.3) is 0 Å². The van der Waals surface area contributed by atoms with Gasteiger partial charge in [-0.1, -0.05) is 25.1 Å². The Kier molecular flexibility index (Phi) is 11.5. The zero-order chi connectivity index (χ0) is 19.2. The molecule has 5 nitrogen and oxygen atoms in total. The summed E-state index contributed by atoms with van der Waals surface area (Å²) in [5.74, 6) is 0.391. The summed E-state index contributed by atoms with van der Waals surface area (Å²) in [6.07, 6.45) is 1.06. The van der Waals surface area contributed by atoms with Gasteiger partial charge in [-0.25, -0.2) is 0 Å². The number of rotatable bonds is 4. The van der Waals surface area contributed by atoms with Gasteiger partial charge in [0, 0.05) is 19.8 Å². The van der Waals surface area contributed by atoms with Crippen LogP contribution in [0.1, 0.15) is 36.2 Å². The van der Waals surface area contributed by atoms with Gasteiger partial charge in [-0.3, -0.25) is 4.79 Å². The zero-order valence-corrected chi connectivity index (χ0v) is 15.6. The predicted molar refractivity (Wildman–Crippen MR) is 99.7 cm³/mol. The third-order valence-electron chi connectivity index (χ3n) is 2.94. The number of Topliss-reactive ketones (excluding diaryl/α,β-unsaturated/α-hetero) is 1. The third kappa shape index (κ3) is 9.37. The number of carbonyl (C=O) groups is 1. The highest BCUT2D eigenvalue weighted by Crippen LogP contribution is 2.24. The van der Waals surface area contributed by atoms with E-state index in [4.69, 9.17) is 14.9 Å². The molecule has 138 valence electrons. The van der Waals surface area contributed by atoms with E-state index >= 15 is 0 Å². The van der Waals surface area contributed by atoms with E-state index in [1.165, 1.54) is 30.7 Å². The highest BCUT2D eigenvalue weighted by Gasteiger charge is 2.02. The molecule has 0 amide bonds. The Hall–Kier alpha value is -2.53. The molecule has 5 heteroatoms. The molecule has 2 aromatic carbocycles. The average molecular weight is 348 g/mol. The lowest BCUT2D eigenvalue weighted by atomic mass is 10.1. The van der Waals surface area contributed by atoms with Crippen molar-refractivity contribution in [3.05, 3.63) is 53.6 Å². The summed E-state index contributed by atoms with van der Waals surface area (Å²) in [5.41, 5.74) is 1.60. The van der Waals surface area contributed by atoms with Crippen molar-refractivity contribution in [1.82, 2.24) is 0 Å². The lowest BCUT2D eigenvalue weighted by Crippen LogP contribution is -1.95. The Balaban J connectivity index is 0.000000399. The van der Waals surface area contributed by atoms with E-state index in [9.17, 15) is 4.79 Å². The van der Waals surface area contributed by atoms with E-state index in [0.717, 1.165) is 18.8 Å². The summed E-state index contributed by atoms with van der Waals surface area (Å²) in [5, 5.41) is 17.8. The molecule has 2 rings (SSSR count). The molecular formula is C20H28O5. The maximum absolute atomic E-state index is 10.7. The van der Waals surface area contributed by atoms with E-state index in [0.29, 0.717) is 5.56 Å². The number of ketones is 1. The van der Waals surface area contributed by atoms with Gasteiger partial charge in [-0.05, 0) is 50.1 Å². The second-order valence-corrected chi connectivity index (χ2v) is 5.28. The molecule has 0 fully saturated rings. The fraction of sp³-hybridized carbons (Fsp3) is 0.350. The normalized spacial score (nSPS) is 9.16. The Morgan fingerprint density at radius 3 is 2.12 bits per heavy atom. The molecule has 0 unspecified atom stereocenters. The van der Waals surface area contributed by atoms with Gasteiger partial charge in [0.05, 0.1) is 6.61 Å². The molecule has 0 saturated heterocycles. The van der Waals surface area contributed by atoms with Gasteiger partial charge < -0.3 is 19.7 Å². The van der Waals surface area contributed by atoms with Crippen molar-refractivity contribution < 1.29 is 24.5 Å². The number of benzene rings is 2. The number of ether oxygens (including phenoxy) is 2. The molecule has 2 aromatic rings. The summed E-state index contributed by atoms with van der Waals surface area (Å²) < 4.78 is 9.74. The second kappa shape index (κ2) is 12.8. The van der Waals surface area contributed by atoms with Crippen LogP contribution in [-0.2, 0) is 4.74 Å². The molecule has 0 spiro atoms. The Labute approximate surface area is 149 Å². The number of phenolic OH excluding ortho intramolecular Hbond substituents is 2. The van der Waals surface area contributed by atoms with Crippen LogP contribution in [0, 0.1) is 6.92 Å². The number of methoxy groups -OCH3 is 1. The number of para-hydroxylation sites is 1. The van der Waals surface area contributed by atoms with Crippen LogP contribution in [0.5, 0.6) is 17.2 Å². The fourth-order valence-corrected chi connectivity index (χ4v) is 1.67. The van der Waals surface area contributed by atoms with Gasteiger partial charge in [0.1, 0.15) is 5.75 Å². The first-order valence-electron chi connectivity index (χ1n) is 7.98. The first-order valence-corrected chi connectivity index (χ1v) is 7.98. The largest absolute Gasteiger partial charge is 0.504 e. The lowest BCUT2D eigenvalue weighted by molar-refractivity contribution is 0.101. The predicted octanol–water partition coefficient (Wildman–Crippen LogP) is 4.35. The highest BCUT2D eigenvalue weighted by atomic mass is 16.5. The smallest absolute Gasteiger partial charge is 0.159 e. The standard InChI is InChI=1S/C10H14O.C8H8O3.C2H6O/c1-3-8-11-10-7-5-4-6-9(10)2;1-5(9)6-2-3-7(10)8(11)4-6;1-3-2/h4-7H,3,8H2,1-2H3;2-4,10-11H,1H3;1-2H3. The number of carbonyl (C=O) groups excluding carboxylic acids is 1. The van der Waals surface area contributed by atoms with E-state index < -0.39 is 0 Å². The number of hydrogen-bond acceptors (Lipinski definition) is 5. The summed E-state index contributed by atoms with van der Waals surface area (Å²) in [4.78, 5) is 10.7. The lowest BCUT2D eigenvalue weighted by Gasteiger charge is -2.06. The number of aryl methyl sites for hydroxylation is 1. The van der Waals surface area contributed by atoms with Crippen molar-refractivity contribution in [1.29, 1.82) is 0 Å². The van der Waals surface area contributed by atoms with Crippen LogP contribution in [0.15, 0.2) is 42.5 Å². The molecule has 25 heavy (non-hydrogen) atoms. The van der Waals surface area contributed by atoms with Gasteiger partial charge >= 0.3 is 0 Å². The van der Waals surface area contributed by atoms with Crippen molar-refractivity contribution >= 4 is 5.78 Å². The van der Waals surface area contributed by atoms with Crippen LogP contribution < -0.4 is 4.74 Å². The van der Waals surface area contributed by atoms with Gasteiger partial charge in [0.2, 0.25) is 0 Å². The van der Waals surface area contributed by atoms with Crippen molar-refractivity contribution in [3.63, 3.8) is 0 Å². The van der Waals surface area contributed by atoms with Crippen LogP contribution >= 0.6 is 0 Å². The quantitative estimate of drug-likeness (QED) is 0.635. The number of phenols is 2. The zero-order valence-electron chi connectivity index (χ0n) is 15.6. The van der Waals surface area contributed by atoms with Gasteiger partial charge in [-0.15, -0.1) is 0 Å². The maximum Gasteiger partial charge on any atom is 0.159 e. The van der Waals surface area contributed by atoms with E-state index in [1.807, 2.05) is 18.2 Å². The van der Waals surface area contributed by atoms with Crippen molar-refractivity contribution in [2.24, 2.45) is 0 Å². The average Bonchev–Trinajstić information content (AvgIpc) is 2.58. The van der Waals surface area contributed by atoms with E-state index in [2.05, 4.69) is 24.7 Å². The molecule has 0 saturated carbocycles. The van der Waals surface area contributed by atoms with Crippen molar-refractivity contribution in [2.45, 2.75) is 27.2 Å². The molecular weight excluding hydrogens is 320 g/mol. The molecule has 0 atom stereocenters. The van der Waals surface area contributed by atoms with Crippen molar-refractivity contribution in [2.75, 3.05) is 20.8 Å². The monoisotopic (exact) mass is 348 g/mol. The Morgan fingerprint density at radius 1 is 1.04 bits per heavy atom. The second-order valence-electron chi connectivity index (χ2n) is 5.28. The molecule has 0 aliphatic rings. The SMILES string of the molecule is CC(=O)c1ccc(O)c(O)c1.CCCOc1ccccc1C.COC. The minimum Gasteiger partial charge on any atom is -0.504 e. The molecule has 0 radical (unpaired) electrons. The van der Waals surface area contributed by atoms with E-state index in [1.54, 1.807) is 14.2 Å². The molecule has 0 heterocycles. The van der Waals surface area contributed by atoms with Gasteiger partial charge in [-0.2, -0.15) is 0 Å². The minimum atomic E-state index is -0.266. The minimum absolute atomic E-state index is 0.139. The van der Waals surface area contributed by atoms with Gasteiger partial charge in [0.15, 0.2) is 17.3 Å². The summed E-state index contributed by atoms with van der Waals surface area (Å²) >= 11 is 0. The highest BCUT2D eigenvalue weighted by molar-refractivity contribution is 5.94. The number of hydrogen-bond donors (Lipinski definition) is 2. The molecule has 2 N–H and O–H groups in total. The molecule has 0 aliphatic carbocycles. The Morgan fingerprint density at radius 2 is 1.64 bits per heavy atom. The van der Waals surface area contributed by atoms with Crippen LogP contribution in [-0.4, -0.2) is 36.8 Å². The maximum atomic E-state index is 10.7. The number of aromatic hydroxyl groups is 2. The molecule has 0 aliphatic heterocycles. The van der Waals surface area contributed by atoms with Crippen molar-refractivity contribution in [3.8, 4) is 17.2 Å². The summed E-state index contributed by atoms with van der Waals surface area (Å²) in [6.45, 7) is 6.37. The Bertz CT molecular complexity index is 638. The molecule has 0 aromatic heterocycles. The summed E-state index contributed by atoms with van der Waals surface area (Å²) in [7, 11) is 3.25. The fourth-order valence-electron chi connectivity index (χ4n) is 1.67. The topological polar surface area (TPSA) is 76.0 Å². The van der Waals surface area contributed by atoms with Crippen LogP contribution in [0.3, 0.4) is 0 Å². The van der Waals surface area contributed by atoms with Crippen LogP contribution in [0.4, 0.5) is 0 Å². The summed E-state index contributed by atoms with van der Waals surface area (Å²) in [6, 6.07) is 12.1. The first kappa shape index (κ1) is 22.5. The van der Waals surface area contributed by atoms with E-state index in [-0.39, 0.29) is 17.3 Å². The molecule has 0 bridgehead atoms. The first-order chi connectivity index (χ1) is 11.9.